The summed E-state index contributed by atoms with van der Waals surface area (Å²) < 4.78 is 38.8. The number of rotatable bonds is 1. The van der Waals surface area contributed by atoms with Crippen LogP contribution in [0.25, 0.3) is 5.57 Å². The highest BCUT2D eigenvalue weighted by molar-refractivity contribution is 6.24. The average molecular weight is 211 g/mol. The molecule has 15 heavy (non-hydrogen) atoms. The molecular weight excluding hydrogens is 207 g/mol. The highest BCUT2D eigenvalue weighted by atomic mass is 19.2. The van der Waals surface area contributed by atoms with E-state index in [0.717, 1.165) is 18.4 Å². The summed E-state index contributed by atoms with van der Waals surface area (Å²) in [6, 6.07) is 1.25. The van der Waals surface area contributed by atoms with E-state index in [1.807, 2.05) is 0 Å². The highest BCUT2D eigenvalue weighted by Crippen LogP contribution is 2.22. The van der Waals surface area contributed by atoms with Crippen molar-refractivity contribution in [2.75, 3.05) is 0 Å². The van der Waals surface area contributed by atoms with Gasteiger partial charge in [-0.3, -0.25) is 4.79 Å². The molecule has 0 radical (unpaired) electrons. The second-order valence-corrected chi connectivity index (χ2v) is 2.95. The second-order valence-electron chi connectivity index (χ2n) is 2.95. The quantitative estimate of drug-likeness (QED) is 0.654. The molecule has 0 aromatic heterocycles. The van der Waals surface area contributed by atoms with E-state index < -0.39 is 23.4 Å². The van der Waals surface area contributed by atoms with Gasteiger partial charge in [-0.1, -0.05) is 0 Å². The van der Waals surface area contributed by atoms with Crippen LogP contribution in [0.2, 0.25) is 0 Å². The van der Waals surface area contributed by atoms with E-state index in [1.165, 1.54) is 0 Å². The maximum Gasteiger partial charge on any atom is 0.270 e. The second kappa shape index (κ2) is 3.34. The van der Waals surface area contributed by atoms with E-state index in [9.17, 15) is 18.0 Å². The smallest absolute Gasteiger partial charge is 0.267 e. The number of carbonyl (C=O) groups excluding carboxylic acids is 1. The minimum atomic E-state index is -1.29. The molecule has 0 fully saturated rings. The van der Waals surface area contributed by atoms with Gasteiger partial charge in [-0.15, -0.1) is 0 Å². The van der Waals surface area contributed by atoms with Crippen molar-refractivity contribution in [2.24, 2.45) is 4.99 Å². The first-order valence-electron chi connectivity index (χ1n) is 4.02. The molecule has 2 nitrogen and oxygen atoms in total. The predicted molar refractivity (Wildman–Crippen MR) is 47.8 cm³/mol. The first kappa shape index (κ1) is 9.64. The van der Waals surface area contributed by atoms with Gasteiger partial charge in [0.05, 0.1) is 0 Å². The maximum atomic E-state index is 13.2. The summed E-state index contributed by atoms with van der Waals surface area (Å²) in [5.41, 5.74) is -0.238. The lowest BCUT2D eigenvalue weighted by molar-refractivity contribution is -0.113. The minimum absolute atomic E-state index is 0.0656. The largest absolute Gasteiger partial charge is 0.270 e. The fraction of sp³-hybridized carbons (Fsp3) is 0. The van der Waals surface area contributed by atoms with Crippen LogP contribution in [0.5, 0.6) is 0 Å². The average Bonchev–Trinajstić information content (AvgIpc) is 2.58. The van der Waals surface area contributed by atoms with E-state index in [2.05, 4.69) is 4.99 Å². The van der Waals surface area contributed by atoms with E-state index in [-0.39, 0.29) is 11.1 Å². The molecule has 0 bridgehead atoms. The van der Waals surface area contributed by atoms with Gasteiger partial charge in [0, 0.05) is 29.5 Å². The fourth-order valence-corrected chi connectivity index (χ4v) is 1.25. The van der Waals surface area contributed by atoms with Gasteiger partial charge in [-0.05, 0) is 6.07 Å². The van der Waals surface area contributed by atoms with Crippen LogP contribution in [0.1, 0.15) is 5.56 Å². The number of halogens is 3. The number of hydrogen-bond acceptors (Lipinski definition) is 1. The molecule has 0 aliphatic carbocycles. The van der Waals surface area contributed by atoms with Crippen LogP contribution >= 0.6 is 0 Å². The molecule has 1 amide bonds. The minimum Gasteiger partial charge on any atom is -0.267 e. The third kappa shape index (κ3) is 1.68. The SMILES string of the molecule is O=C1C=C(c2cc(F)cc(F)c2F)C=N1. The van der Waals surface area contributed by atoms with Gasteiger partial charge in [0.2, 0.25) is 0 Å². The van der Waals surface area contributed by atoms with Gasteiger partial charge in [-0.25, -0.2) is 18.2 Å². The van der Waals surface area contributed by atoms with Gasteiger partial charge in [0.1, 0.15) is 5.82 Å². The summed E-state index contributed by atoms with van der Waals surface area (Å²) in [7, 11) is 0. The molecule has 0 spiro atoms. The molecule has 1 aromatic rings. The Kier molecular flexibility index (Phi) is 2.15. The van der Waals surface area contributed by atoms with Crippen molar-refractivity contribution in [3.8, 4) is 0 Å². The molecule has 5 heteroatoms. The van der Waals surface area contributed by atoms with Crippen LogP contribution in [-0.2, 0) is 4.79 Å². The van der Waals surface area contributed by atoms with E-state index in [1.54, 1.807) is 0 Å². The summed E-state index contributed by atoms with van der Waals surface area (Å²) in [5, 5.41) is 0. The van der Waals surface area contributed by atoms with Gasteiger partial charge in [-0.2, -0.15) is 0 Å². The van der Waals surface area contributed by atoms with E-state index >= 15 is 0 Å². The third-order valence-electron chi connectivity index (χ3n) is 1.91. The van der Waals surface area contributed by atoms with Gasteiger partial charge in [0.15, 0.2) is 11.6 Å². The fourth-order valence-electron chi connectivity index (χ4n) is 1.25. The summed E-state index contributed by atoms with van der Waals surface area (Å²) in [6.07, 6.45) is 2.08. The Morgan fingerprint density at radius 1 is 1.13 bits per heavy atom. The summed E-state index contributed by atoms with van der Waals surface area (Å²) in [4.78, 5) is 14.1. The molecule has 0 unspecified atom stereocenters. The molecule has 1 aliphatic heterocycles. The lowest BCUT2D eigenvalue weighted by Crippen LogP contribution is -1.95. The number of aliphatic imine (C=N–C) groups is 1. The lowest BCUT2D eigenvalue weighted by Gasteiger charge is -2.02. The van der Waals surface area contributed by atoms with Crippen LogP contribution in [0, 0.1) is 17.5 Å². The molecule has 1 heterocycles. The number of allylic oxidation sites excluding steroid dienone is 1. The number of hydrogen-bond donors (Lipinski definition) is 0. The van der Waals surface area contributed by atoms with Crippen molar-refractivity contribution in [2.45, 2.75) is 0 Å². The van der Waals surface area contributed by atoms with Crippen molar-refractivity contribution in [3.05, 3.63) is 41.2 Å². The Balaban J connectivity index is 2.58. The molecular formula is C10H4F3NO. The van der Waals surface area contributed by atoms with Crippen LogP contribution in [0.3, 0.4) is 0 Å². The molecule has 76 valence electrons. The number of nitrogens with zero attached hydrogens (tertiary/aromatic N) is 1. The molecule has 2 rings (SSSR count). The van der Waals surface area contributed by atoms with Crippen molar-refractivity contribution in [1.29, 1.82) is 0 Å². The normalized spacial score (nSPS) is 14.6. The van der Waals surface area contributed by atoms with Crippen molar-refractivity contribution < 1.29 is 18.0 Å². The predicted octanol–water partition coefficient (Wildman–Crippen LogP) is 2.10. The van der Waals surface area contributed by atoms with Crippen molar-refractivity contribution in [1.82, 2.24) is 0 Å². The Labute approximate surface area is 82.7 Å². The maximum absolute atomic E-state index is 13.2. The lowest BCUT2D eigenvalue weighted by atomic mass is 10.1. The molecule has 0 atom stereocenters. The highest BCUT2D eigenvalue weighted by Gasteiger charge is 2.17. The Bertz CT molecular complexity index is 506. The van der Waals surface area contributed by atoms with Crippen LogP contribution < -0.4 is 0 Å². The topological polar surface area (TPSA) is 29.4 Å². The zero-order valence-corrected chi connectivity index (χ0v) is 7.30. The molecule has 0 saturated heterocycles. The van der Waals surface area contributed by atoms with Crippen molar-refractivity contribution in [3.63, 3.8) is 0 Å². The zero-order valence-electron chi connectivity index (χ0n) is 7.30. The number of amides is 1. The van der Waals surface area contributed by atoms with Crippen molar-refractivity contribution >= 4 is 17.7 Å². The van der Waals surface area contributed by atoms with Gasteiger partial charge in [0.25, 0.3) is 5.91 Å². The van der Waals surface area contributed by atoms with Gasteiger partial charge >= 0.3 is 0 Å². The zero-order chi connectivity index (χ0) is 11.0. The first-order valence-corrected chi connectivity index (χ1v) is 4.02. The monoisotopic (exact) mass is 211 g/mol. The van der Waals surface area contributed by atoms with Crippen LogP contribution in [-0.4, -0.2) is 12.1 Å². The molecule has 1 aliphatic rings. The van der Waals surface area contributed by atoms with Gasteiger partial charge < -0.3 is 0 Å². The van der Waals surface area contributed by atoms with Crippen LogP contribution in [0.4, 0.5) is 13.2 Å². The van der Waals surface area contributed by atoms with E-state index in [0.29, 0.717) is 6.07 Å². The molecule has 0 N–H and O–H groups in total. The molecule has 1 aromatic carbocycles. The Morgan fingerprint density at radius 2 is 1.87 bits per heavy atom. The number of benzene rings is 1. The first-order chi connectivity index (χ1) is 7.08. The summed E-state index contributed by atoms with van der Waals surface area (Å²) in [5.74, 6) is -3.96. The Hall–Kier alpha value is -1.91. The van der Waals surface area contributed by atoms with E-state index in [4.69, 9.17) is 0 Å². The summed E-state index contributed by atoms with van der Waals surface area (Å²) in [6.45, 7) is 0. The Morgan fingerprint density at radius 3 is 2.47 bits per heavy atom. The summed E-state index contributed by atoms with van der Waals surface area (Å²) >= 11 is 0. The third-order valence-corrected chi connectivity index (χ3v) is 1.91. The molecule has 0 saturated carbocycles. The standard InChI is InChI=1S/C10H4F3NO/c11-6-2-7(10(13)8(12)3-6)5-1-9(15)14-4-5/h1-4H. The van der Waals surface area contributed by atoms with Crippen LogP contribution in [0.15, 0.2) is 23.2 Å². The number of carbonyl (C=O) groups is 1.